The van der Waals surface area contributed by atoms with E-state index in [1.807, 2.05) is 31.2 Å². The average Bonchev–Trinajstić information content (AvgIpc) is 2.08. The molecule has 1 rings (SSSR count). The summed E-state index contributed by atoms with van der Waals surface area (Å²) in [5.41, 5.74) is 0. The van der Waals surface area contributed by atoms with Gasteiger partial charge in [-0.3, -0.25) is 0 Å². The zero-order chi connectivity index (χ0) is 9.23. The SMILES string of the molecule is CCOc1cc[c-]cc1.CC[O-].[Mg+2]. The standard InChI is InChI=1S/C8H9O.C2H5O.Mg/c1-2-9-8-6-4-3-5-7-8;1-2-3;/h4-7H,2H2,1H3;2H2,1H3;/q2*-1;+2. The summed E-state index contributed by atoms with van der Waals surface area (Å²) in [5, 5.41) is 8.93. The van der Waals surface area contributed by atoms with Crippen LogP contribution >= 0.6 is 0 Å². The zero-order valence-corrected chi connectivity index (χ0v) is 9.66. The minimum atomic E-state index is 0. The summed E-state index contributed by atoms with van der Waals surface area (Å²) in [4.78, 5) is 0. The van der Waals surface area contributed by atoms with E-state index >= 15 is 0 Å². The molecule has 1 aromatic carbocycles. The van der Waals surface area contributed by atoms with Crippen molar-refractivity contribution in [1.29, 1.82) is 0 Å². The van der Waals surface area contributed by atoms with Gasteiger partial charge in [-0.1, -0.05) is 6.92 Å². The van der Waals surface area contributed by atoms with E-state index < -0.39 is 0 Å². The fraction of sp³-hybridized carbons (Fsp3) is 0.400. The van der Waals surface area contributed by atoms with Crippen LogP contribution in [0, 0.1) is 6.07 Å². The Bertz CT molecular complexity index is 178. The van der Waals surface area contributed by atoms with Crippen molar-refractivity contribution in [2.24, 2.45) is 0 Å². The Morgan fingerprint density at radius 1 is 1.31 bits per heavy atom. The van der Waals surface area contributed by atoms with Gasteiger partial charge >= 0.3 is 23.1 Å². The molecule has 3 heteroatoms. The Labute approximate surface area is 96.1 Å². The molecule has 0 aliphatic carbocycles. The van der Waals surface area contributed by atoms with E-state index in [0.29, 0.717) is 0 Å². The van der Waals surface area contributed by atoms with E-state index in [1.54, 1.807) is 6.92 Å². The molecule has 0 atom stereocenters. The second-order valence-electron chi connectivity index (χ2n) is 1.96. The van der Waals surface area contributed by atoms with Gasteiger partial charge in [0.05, 0.1) is 6.61 Å². The first kappa shape index (κ1) is 15.2. The van der Waals surface area contributed by atoms with Gasteiger partial charge in [0.25, 0.3) is 0 Å². The maximum atomic E-state index is 8.93. The van der Waals surface area contributed by atoms with Crippen LogP contribution in [0.5, 0.6) is 5.75 Å². The summed E-state index contributed by atoms with van der Waals surface area (Å²) in [6.45, 7) is 4.26. The van der Waals surface area contributed by atoms with E-state index in [0.717, 1.165) is 12.4 Å². The Morgan fingerprint density at radius 3 is 2.15 bits per heavy atom. The minimum Gasteiger partial charge on any atom is -0.855 e. The third-order valence-electron chi connectivity index (χ3n) is 0.999. The van der Waals surface area contributed by atoms with Crippen LogP contribution in [0.2, 0.25) is 0 Å². The second kappa shape index (κ2) is 11.7. The number of ether oxygens (including phenoxy) is 1. The van der Waals surface area contributed by atoms with Gasteiger partial charge in [-0.05, 0) is 6.92 Å². The van der Waals surface area contributed by atoms with Crippen molar-refractivity contribution in [2.45, 2.75) is 13.8 Å². The largest absolute Gasteiger partial charge is 2.00 e. The van der Waals surface area contributed by atoms with Gasteiger partial charge in [0.2, 0.25) is 0 Å². The summed E-state index contributed by atoms with van der Waals surface area (Å²) < 4.78 is 5.19. The summed E-state index contributed by atoms with van der Waals surface area (Å²) in [6.07, 6.45) is 0. The van der Waals surface area contributed by atoms with Crippen LogP contribution in [0.25, 0.3) is 0 Å². The van der Waals surface area contributed by atoms with Gasteiger partial charge in [-0.15, -0.1) is 18.7 Å². The predicted molar refractivity (Wildman–Crippen MR) is 52.7 cm³/mol. The Morgan fingerprint density at radius 2 is 1.77 bits per heavy atom. The molecule has 0 saturated heterocycles. The van der Waals surface area contributed by atoms with Gasteiger partial charge in [0, 0.05) is 5.75 Å². The molecule has 0 aliphatic rings. The molecule has 1 aromatic rings. The molecule has 0 heterocycles. The molecule has 0 unspecified atom stereocenters. The molecule has 13 heavy (non-hydrogen) atoms. The molecule has 0 saturated carbocycles. The van der Waals surface area contributed by atoms with E-state index in [1.165, 1.54) is 0 Å². The van der Waals surface area contributed by atoms with E-state index in [-0.39, 0.29) is 29.7 Å². The van der Waals surface area contributed by atoms with Crippen LogP contribution < -0.4 is 9.84 Å². The quantitative estimate of drug-likeness (QED) is 0.512. The van der Waals surface area contributed by atoms with Crippen molar-refractivity contribution in [2.75, 3.05) is 13.2 Å². The summed E-state index contributed by atoms with van der Waals surface area (Å²) >= 11 is 0. The van der Waals surface area contributed by atoms with Gasteiger partial charge < -0.3 is 9.84 Å². The zero-order valence-electron chi connectivity index (χ0n) is 8.25. The van der Waals surface area contributed by atoms with Crippen molar-refractivity contribution < 1.29 is 9.84 Å². The molecule has 0 aliphatic heterocycles. The van der Waals surface area contributed by atoms with Crippen molar-refractivity contribution in [3.63, 3.8) is 0 Å². The van der Waals surface area contributed by atoms with Crippen molar-refractivity contribution in [3.8, 4) is 5.75 Å². The fourth-order valence-electron chi connectivity index (χ4n) is 0.634. The monoisotopic (exact) mass is 190 g/mol. The normalized spacial score (nSPS) is 7.62. The average molecular weight is 191 g/mol. The molecule has 68 valence electrons. The second-order valence-corrected chi connectivity index (χ2v) is 1.96. The number of rotatable bonds is 2. The molecular formula is C10H14MgO2. The van der Waals surface area contributed by atoms with Crippen LogP contribution in [0.15, 0.2) is 24.3 Å². The van der Waals surface area contributed by atoms with E-state index in [2.05, 4.69) is 6.07 Å². The van der Waals surface area contributed by atoms with Crippen LogP contribution in [0.4, 0.5) is 0 Å². The Balaban J connectivity index is 0. The summed E-state index contributed by atoms with van der Waals surface area (Å²) in [7, 11) is 0. The topological polar surface area (TPSA) is 32.3 Å². The third kappa shape index (κ3) is 9.66. The smallest absolute Gasteiger partial charge is 0.855 e. The summed E-state index contributed by atoms with van der Waals surface area (Å²) in [5.74, 6) is 0.913. The maximum absolute atomic E-state index is 8.93. The Kier molecular flexibility index (Phi) is 13.8. The molecular weight excluding hydrogens is 176 g/mol. The first-order valence-corrected chi connectivity index (χ1v) is 4.02. The van der Waals surface area contributed by atoms with Crippen molar-refractivity contribution in [3.05, 3.63) is 30.3 Å². The Hall–Kier alpha value is -0.254. The molecule has 0 spiro atoms. The molecule has 2 nitrogen and oxygen atoms in total. The predicted octanol–water partition coefficient (Wildman–Crippen LogP) is 0.871. The number of hydrogen-bond donors (Lipinski definition) is 0. The molecule has 0 bridgehead atoms. The first-order valence-electron chi connectivity index (χ1n) is 4.02. The summed E-state index contributed by atoms with van der Waals surface area (Å²) in [6, 6.07) is 10.4. The first-order chi connectivity index (χ1) is 5.85. The third-order valence-corrected chi connectivity index (χ3v) is 0.999. The number of benzene rings is 1. The minimum absolute atomic E-state index is 0. The fourth-order valence-corrected chi connectivity index (χ4v) is 0.634. The maximum Gasteiger partial charge on any atom is 2.00 e. The van der Waals surface area contributed by atoms with Crippen LogP contribution in [-0.4, -0.2) is 36.3 Å². The van der Waals surface area contributed by atoms with Crippen molar-refractivity contribution >= 4 is 23.1 Å². The van der Waals surface area contributed by atoms with Gasteiger partial charge in [0.1, 0.15) is 0 Å². The molecule has 0 aromatic heterocycles. The van der Waals surface area contributed by atoms with Gasteiger partial charge in [-0.25, -0.2) is 0 Å². The molecule has 0 amide bonds. The van der Waals surface area contributed by atoms with E-state index in [9.17, 15) is 0 Å². The van der Waals surface area contributed by atoms with Gasteiger partial charge in [0.15, 0.2) is 0 Å². The van der Waals surface area contributed by atoms with Crippen molar-refractivity contribution in [1.82, 2.24) is 0 Å². The number of hydrogen-bond acceptors (Lipinski definition) is 2. The molecule has 0 fully saturated rings. The van der Waals surface area contributed by atoms with Crippen LogP contribution in [0.3, 0.4) is 0 Å². The van der Waals surface area contributed by atoms with E-state index in [4.69, 9.17) is 9.84 Å². The van der Waals surface area contributed by atoms with Crippen LogP contribution in [0.1, 0.15) is 13.8 Å². The van der Waals surface area contributed by atoms with Crippen LogP contribution in [-0.2, 0) is 0 Å². The molecule has 0 N–H and O–H groups in total. The van der Waals surface area contributed by atoms with Gasteiger partial charge in [-0.2, -0.15) is 18.2 Å². The molecule has 0 radical (unpaired) electrons.